The van der Waals surface area contributed by atoms with Gasteiger partial charge in [0, 0.05) is 10.8 Å². The Bertz CT molecular complexity index is 1140. The van der Waals surface area contributed by atoms with E-state index in [9.17, 15) is 9.18 Å². The summed E-state index contributed by atoms with van der Waals surface area (Å²) in [4.78, 5) is 22.2. The second-order valence-electron chi connectivity index (χ2n) is 5.44. The molecule has 2 heterocycles. The van der Waals surface area contributed by atoms with Crippen LogP contribution in [0.4, 0.5) is 4.39 Å². The highest BCUT2D eigenvalue weighted by Gasteiger charge is 2.15. The molecule has 0 spiro atoms. The zero-order valence-electron chi connectivity index (χ0n) is 13.2. The molecule has 0 atom stereocenters. The third-order valence-electron chi connectivity index (χ3n) is 3.68. The van der Waals surface area contributed by atoms with Crippen LogP contribution in [0.5, 0.6) is 0 Å². The lowest BCUT2D eigenvalue weighted by molar-refractivity contribution is 0.626. The lowest BCUT2D eigenvalue weighted by Gasteiger charge is -2.12. The molecule has 0 saturated carbocycles. The van der Waals surface area contributed by atoms with Gasteiger partial charge in [0.05, 0.1) is 11.2 Å². The predicted molar refractivity (Wildman–Crippen MR) is 104 cm³/mol. The molecule has 8 heteroatoms. The molecule has 2 aromatic carbocycles. The van der Waals surface area contributed by atoms with Gasteiger partial charge in [-0.3, -0.25) is 9.36 Å². The number of hydrogen-bond acceptors (Lipinski definition) is 5. The van der Waals surface area contributed by atoms with Crippen molar-refractivity contribution >= 4 is 45.0 Å². The number of thioether (sulfide) groups is 1. The summed E-state index contributed by atoms with van der Waals surface area (Å²) in [6.07, 6.45) is 0. The molecule has 130 valence electrons. The Labute approximate surface area is 161 Å². The summed E-state index contributed by atoms with van der Waals surface area (Å²) in [5.74, 6) is 0.200. The molecule has 26 heavy (non-hydrogen) atoms. The van der Waals surface area contributed by atoms with Gasteiger partial charge in [-0.25, -0.2) is 14.4 Å². The summed E-state index contributed by atoms with van der Waals surface area (Å²) < 4.78 is 14.9. The molecule has 0 aliphatic rings. The summed E-state index contributed by atoms with van der Waals surface area (Å²) >= 11 is 8.65. The maximum Gasteiger partial charge on any atom is 0.286 e. The van der Waals surface area contributed by atoms with Crippen molar-refractivity contribution in [3.05, 3.63) is 80.8 Å². The van der Waals surface area contributed by atoms with Gasteiger partial charge in [-0.15, -0.1) is 11.3 Å². The average molecular weight is 404 g/mol. The molecule has 0 saturated heterocycles. The van der Waals surface area contributed by atoms with Crippen LogP contribution < -0.4 is 5.56 Å². The Morgan fingerprint density at radius 3 is 2.77 bits per heavy atom. The molecular weight excluding hydrogens is 393 g/mol. The van der Waals surface area contributed by atoms with E-state index < -0.39 is 0 Å². The van der Waals surface area contributed by atoms with E-state index in [-0.39, 0.29) is 11.4 Å². The number of benzene rings is 2. The minimum absolute atomic E-state index is 0.236. The quantitative estimate of drug-likeness (QED) is 0.358. The van der Waals surface area contributed by atoms with Crippen LogP contribution in [0.1, 0.15) is 5.56 Å². The Morgan fingerprint density at radius 2 is 2.00 bits per heavy atom. The van der Waals surface area contributed by atoms with E-state index in [0.29, 0.717) is 32.0 Å². The Balaban J connectivity index is 1.80. The fourth-order valence-electron chi connectivity index (χ4n) is 2.48. The molecule has 0 aliphatic carbocycles. The largest absolute Gasteiger partial charge is 0.286 e. The van der Waals surface area contributed by atoms with E-state index in [1.807, 2.05) is 6.07 Å². The molecule has 0 bridgehead atoms. The van der Waals surface area contributed by atoms with Gasteiger partial charge in [0.15, 0.2) is 15.5 Å². The van der Waals surface area contributed by atoms with Gasteiger partial charge < -0.3 is 0 Å². The molecular formula is C18H11ClFN3OS2. The normalized spacial score (nSPS) is 11.2. The number of fused-ring (bicyclic) bond motifs is 1. The predicted octanol–water partition coefficient (Wildman–Crippen LogP) is 4.93. The Hall–Kier alpha value is -2.22. The number of aromatic nitrogens is 3. The third kappa shape index (κ3) is 3.38. The Morgan fingerprint density at radius 1 is 1.19 bits per heavy atom. The highest BCUT2D eigenvalue weighted by atomic mass is 35.5. The third-order valence-corrected chi connectivity index (χ3v) is 5.67. The van der Waals surface area contributed by atoms with E-state index in [1.54, 1.807) is 35.8 Å². The highest BCUT2D eigenvalue weighted by Crippen LogP contribution is 2.26. The van der Waals surface area contributed by atoms with Crippen molar-refractivity contribution in [2.45, 2.75) is 10.9 Å². The van der Waals surface area contributed by atoms with Gasteiger partial charge in [-0.2, -0.15) is 0 Å². The standard InChI is InChI=1S/C18H11ClFN3OS2/c19-12-4-6-14(7-5-12)23-17(24)15-16(26-10-21-15)22-18(23)25-9-11-2-1-3-13(20)8-11/h1-8,10H,9H2. The van der Waals surface area contributed by atoms with Crippen LogP contribution >= 0.6 is 34.7 Å². The van der Waals surface area contributed by atoms with Gasteiger partial charge in [0.25, 0.3) is 5.56 Å². The van der Waals surface area contributed by atoms with Gasteiger partial charge in [-0.05, 0) is 42.0 Å². The first-order chi connectivity index (χ1) is 12.6. The lowest BCUT2D eigenvalue weighted by atomic mass is 10.2. The minimum Gasteiger partial charge on any atom is -0.266 e. The van der Waals surface area contributed by atoms with Crippen LogP contribution in [0.3, 0.4) is 0 Å². The number of nitrogens with zero attached hydrogens (tertiary/aromatic N) is 3. The summed E-state index contributed by atoms with van der Waals surface area (Å²) in [6, 6.07) is 13.3. The van der Waals surface area contributed by atoms with Gasteiger partial charge >= 0.3 is 0 Å². The van der Waals surface area contributed by atoms with Crippen molar-refractivity contribution in [1.82, 2.24) is 14.5 Å². The van der Waals surface area contributed by atoms with Crippen molar-refractivity contribution in [1.29, 1.82) is 0 Å². The van der Waals surface area contributed by atoms with Crippen LogP contribution in [0.25, 0.3) is 16.0 Å². The number of thiazole rings is 1. The molecule has 0 amide bonds. The monoisotopic (exact) mass is 403 g/mol. The molecule has 4 nitrogen and oxygen atoms in total. The van der Waals surface area contributed by atoms with Crippen molar-refractivity contribution < 1.29 is 4.39 Å². The summed E-state index contributed by atoms with van der Waals surface area (Å²) in [6.45, 7) is 0. The smallest absolute Gasteiger partial charge is 0.266 e. The first-order valence-electron chi connectivity index (χ1n) is 7.61. The van der Waals surface area contributed by atoms with Crippen molar-refractivity contribution in [2.24, 2.45) is 0 Å². The van der Waals surface area contributed by atoms with Crippen molar-refractivity contribution in [3.63, 3.8) is 0 Å². The first-order valence-corrected chi connectivity index (χ1v) is 9.85. The average Bonchev–Trinajstić information content (AvgIpc) is 3.10. The highest BCUT2D eigenvalue weighted by molar-refractivity contribution is 7.98. The van der Waals surface area contributed by atoms with Gasteiger partial charge in [-0.1, -0.05) is 35.5 Å². The van der Waals surface area contributed by atoms with E-state index in [1.165, 1.54) is 39.8 Å². The minimum atomic E-state index is -0.288. The second-order valence-corrected chi connectivity index (χ2v) is 7.65. The Kier molecular flexibility index (Phi) is 4.76. The first kappa shape index (κ1) is 17.2. The molecule has 4 rings (SSSR count). The van der Waals surface area contributed by atoms with Crippen molar-refractivity contribution in [2.75, 3.05) is 0 Å². The van der Waals surface area contributed by atoms with Crippen LogP contribution in [-0.4, -0.2) is 14.5 Å². The van der Waals surface area contributed by atoms with E-state index in [2.05, 4.69) is 9.97 Å². The van der Waals surface area contributed by atoms with Gasteiger partial charge in [0.2, 0.25) is 0 Å². The van der Waals surface area contributed by atoms with Crippen LogP contribution in [0, 0.1) is 5.82 Å². The van der Waals surface area contributed by atoms with E-state index >= 15 is 0 Å². The van der Waals surface area contributed by atoms with Crippen LogP contribution in [0.15, 0.2) is 64.0 Å². The zero-order valence-corrected chi connectivity index (χ0v) is 15.6. The van der Waals surface area contributed by atoms with Crippen molar-refractivity contribution in [3.8, 4) is 5.69 Å². The summed E-state index contributed by atoms with van der Waals surface area (Å²) in [7, 11) is 0. The van der Waals surface area contributed by atoms with Gasteiger partial charge in [0.1, 0.15) is 5.82 Å². The lowest BCUT2D eigenvalue weighted by Crippen LogP contribution is -2.21. The summed E-state index contributed by atoms with van der Waals surface area (Å²) in [5, 5.41) is 1.11. The fourth-order valence-corrected chi connectivity index (χ4v) is 4.27. The second kappa shape index (κ2) is 7.19. The molecule has 0 fully saturated rings. The molecule has 2 aromatic heterocycles. The van der Waals surface area contributed by atoms with E-state index in [4.69, 9.17) is 11.6 Å². The molecule has 0 N–H and O–H groups in total. The maximum atomic E-state index is 13.4. The fraction of sp³-hybridized carbons (Fsp3) is 0.0556. The maximum absolute atomic E-state index is 13.4. The zero-order chi connectivity index (χ0) is 18.1. The molecule has 0 unspecified atom stereocenters. The van der Waals surface area contributed by atoms with Crippen LogP contribution in [-0.2, 0) is 5.75 Å². The molecule has 0 aliphatic heterocycles. The topological polar surface area (TPSA) is 47.8 Å². The van der Waals surface area contributed by atoms with Crippen LogP contribution in [0.2, 0.25) is 5.02 Å². The molecule has 0 radical (unpaired) electrons. The number of rotatable bonds is 4. The number of hydrogen-bond donors (Lipinski definition) is 0. The SMILES string of the molecule is O=c1c2ncsc2nc(SCc2cccc(F)c2)n1-c1ccc(Cl)cc1. The summed E-state index contributed by atoms with van der Waals surface area (Å²) in [5.41, 5.74) is 3.17. The van der Waals surface area contributed by atoms with E-state index in [0.717, 1.165) is 5.56 Å². The number of halogens is 2. The molecule has 4 aromatic rings.